The highest BCUT2D eigenvalue weighted by Gasteiger charge is 2.32. The summed E-state index contributed by atoms with van der Waals surface area (Å²) in [6.07, 6.45) is 8.04. The van der Waals surface area contributed by atoms with E-state index >= 15 is 0 Å². The van der Waals surface area contributed by atoms with E-state index in [2.05, 4.69) is 37.3 Å². The maximum atomic E-state index is 13.1. The van der Waals surface area contributed by atoms with Crippen LogP contribution in [0.1, 0.15) is 49.5 Å². The number of nitrogens with one attached hydrogen (secondary N) is 2. The fourth-order valence-electron chi connectivity index (χ4n) is 4.27. The number of imide groups is 1. The molecule has 33 heavy (non-hydrogen) atoms. The normalized spacial score (nSPS) is 19.0. The highest BCUT2D eigenvalue weighted by molar-refractivity contribution is 8.00. The fourth-order valence-corrected chi connectivity index (χ4v) is 5.37. The number of hydrogen-bond acceptors (Lipinski definition) is 6. The van der Waals surface area contributed by atoms with Crippen LogP contribution in [0.25, 0.3) is 11.4 Å². The van der Waals surface area contributed by atoms with Crippen LogP contribution in [0.4, 0.5) is 4.79 Å². The highest BCUT2D eigenvalue weighted by Crippen LogP contribution is 2.42. The molecule has 3 unspecified atom stereocenters. The van der Waals surface area contributed by atoms with Crippen molar-refractivity contribution in [1.82, 2.24) is 30.4 Å². The Morgan fingerprint density at radius 1 is 1.09 bits per heavy atom. The minimum atomic E-state index is -0.660. The van der Waals surface area contributed by atoms with Crippen LogP contribution in [0, 0.1) is 5.92 Å². The molecule has 0 saturated heterocycles. The lowest BCUT2D eigenvalue weighted by Gasteiger charge is -2.32. The van der Waals surface area contributed by atoms with E-state index in [9.17, 15) is 9.59 Å². The first-order valence-corrected chi connectivity index (χ1v) is 12.1. The molecule has 0 bridgehead atoms. The summed E-state index contributed by atoms with van der Waals surface area (Å²) in [7, 11) is 1.48. The van der Waals surface area contributed by atoms with Crippen molar-refractivity contribution in [1.29, 1.82) is 0 Å². The Labute approximate surface area is 197 Å². The minimum Gasteiger partial charge on any atom is -0.341 e. The number of benzene rings is 1. The molecule has 3 amide bonds. The van der Waals surface area contributed by atoms with Gasteiger partial charge in [0.2, 0.25) is 5.91 Å². The molecular formula is C24H28N6O2S. The molecule has 4 rings (SSSR count). The van der Waals surface area contributed by atoms with Crippen molar-refractivity contribution in [2.75, 3.05) is 7.05 Å². The van der Waals surface area contributed by atoms with Crippen LogP contribution in [0.2, 0.25) is 0 Å². The van der Waals surface area contributed by atoms with Gasteiger partial charge in [0.1, 0.15) is 5.25 Å². The molecule has 1 saturated carbocycles. The molecule has 0 aliphatic heterocycles. The maximum absolute atomic E-state index is 13.1. The fraction of sp³-hybridized carbons (Fsp3) is 0.375. The smallest absolute Gasteiger partial charge is 0.321 e. The van der Waals surface area contributed by atoms with Gasteiger partial charge in [-0.3, -0.25) is 19.7 Å². The van der Waals surface area contributed by atoms with E-state index in [1.54, 1.807) is 12.4 Å². The summed E-state index contributed by atoms with van der Waals surface area (Å²) in [6, 6.07) is 13.0. The summed E-state index contributed by atoms with van der Waals surface area (Å²) in [4.78, 5) is 29.2. The minimum absolute atomic E-state index is 0.227. The molecule has 172 valence electrons. The number of thioether (sulfide) groups is 1. The van der Waals surface area contributed by atoms with Gasteiger partial charge >= 0.3 is 6.03 Å². The first-order chi connectivity index (χ1) is 16.1. The van der Waals surface area contributed by atoms with Gasteiger partial charge in [-0.05, 0) is 36.5 Å². The topological polar surface area (TPSA) is 102 Å². The third-order valence-electron chi connectivity index (χ3n) is 6.01. The lowest BCUT2D eigenvalue weighted by atomic mass is 9.85. The van der Waals surface area contributed by atoms with Crippen LogP contribution in [-0.4, -0.2) is 38.7 Å². The number of carbonyl (C=O) groups is 2. The molecule has 1 aliphatic carbocycles. The number of nitrogens with zero attached hydrogens (tertiary/aromatic N) is 4. The Morgan fingerprint density at radius 3 is 2.58 bits per heavy atom. The third kappa shape index (κ3) is 5.24. The molecular weight excluding hydrogens is 436 g/mol. The molecule has 0 radical (unpaired) electrons. The molecule has 2 heterocycles. The van der Waals surface area contributed by atoms with Crippen LogP contribution >= 0.6 is 11.8 Å². The molecule has 3 atom stereocenters. The molecule has 8 nitrogen and oxygen atoms in total. The Morgan fingerprint density at radius 2 is 1.88 bits per heavy atom. The first-order valence-electron chi connectivity index (χ1n) is 11.2. The molecule has 2 aromatic heterocycles. The largest absolute Gasteiger partial charge is 0.341 e. The predicted octanol–water partition coefficient (Wildman–Crippen LogP) is 4.38. The number of amides is 3. The first kappa shape index (κ1) is 23.0. The number of carbonyl (C=O) groups excluding carboxylic acids is 2. The lowest BCUT2D eigenvalue weighted by molar-refractivity contribution is -0.119. The van der Waals surface area contributed by atoms with Crippen LogP contribution in [0.3, 0.4) is 0 Å². The molecule has 1 aromatic carbocycles. The molecule has 9 heteroatoms. The van der Waals surface area contributed by atoms with E-state index in [1.165, 1.54) is 25.2 Å². The van der Waals surface area contributed by atoms with Crippen molar-refractivity contribution in [2.24, 2.45) is 5.92 Å². The zero-order valence-corrected chi connectivity index (χ0v) is 19.6. The van der Waals surface area contributed by atoms with E-state index in [-0.39, 0.29) is 6.04 Å². The number of hydrogen-bond donors (Lipinski definition) is 2. The number of pyridine rings is 1. The Kier molecular flexibility index (Phi) is 7.39. The van der Waals surface area contributed by atoms with E-state index < -0.39 is 17.2 Å². The summed E-state index contributed by atoms with van der Waals surface area (Å²) in [5.74, 6) is 0.807. The molecule has 3 aromatic rings. The van der Waals surface area contributed by atoms with Gasteiger partial charge in [-0.15, -0.1) is 10.2 Å². The second kappa shape index (κ2) is 10.6. The van der Waals surface area contributed by atoms with E-state index in [0.29, 0.717) is 11.1 Å². The van der Waals surface area contributed by atoms with Gasteiger partial charge in [0.25, 0.3) is 0 Å². The second-order valence-electron chi connectivity index (χ2n) is 8.22. The van der Waals surface area contributed by atoms with Crippen molar-refractivity contribution in [3.8, 4) is 11.4 Å². The Balaban J connectivity index is 1.75. The standard InChI is InChI=1S/C24H28N6O2S/c1-16-9-6-7-13-19(16)30-21(18-12-8-14-26-15-18)28-29-24(30)33-20(17-10-4-3-5-11-17)22(31)27-23(32)25-2/h3-5,8,10-12,14-16,19-20H,6-7,9,13H2,1-2H3,(H2,25,27,31,32). The summed E-state index contributed by atoms with van der Waals surface area (Å²) < 4.78 is 2.18. The van der Waals surface area contributed by atoms with Crippen molar-refractivity contribution < 1.29 is 9.59 Å². The Hall–Kier alpha value is -3.20. The third-order valence-corrected chi connectivity index (χ3v) is 7.22. The van der Waals surface area contributed by atoms with Gasteiger partial charge in [-0.1, -0.05) is 61.9 Å². The van der Waals surface area contributed by atoms with Crippen molar-refractivity contribution in [2.45, 2.75) is 49.1 Å². The number of urea groups is 1. The lowest BCUT2D eigenvalue weighted by Crippen LogP contribution is -2.39. The van der Waals surface area contributed by atoms with Gasteiger partial charge < -0.3 is 5.32 Å². The van der Waals surface area contributed by atoms with Crippen LogP contribution in [0.5, 0.6) is 0 Å². The van der Waals surface area contributed by atoms with Gasteiger partial charge in [-0.2, -0.15) is 0 Å². The summed E-state index contributed by atoms with van der Waals surface area (Å²) in [5, 5.41) is 13.9. The van der Waals surface area contributed by atoms with Crippen molar-refractivity contribution in [3.63, 3.8) is 0 Å². The summed E-state index contributed by atoms with van der Waals surface area (Å²) >= 11 is 1.32. The van der Waals surface area contributed by atoms with Crippen LogP contribution < -0.4 is 10.6 Å². The van der Waals surface area contributed by atoms with E-state index in [0.717, 1.165) is 36.2 Å². The molecule has 1 fully saturated rings. The maximum Gasteiger partial charge on any atom is 0.321 e. The molecule has 2 N–H and O–H groups in total. The monoisotopic (exact) mass is 464 g/mol. The zero-order valence-electron chi connectivity index (χ0n) is 18.8. The van der Waals surface area contributed by atoms with Gasteiger partial charge in [0.15, 0.2) is 11.0 Å². The number of rotatable bonds is 6. The summed E-state index contributed by atoms with van der Waals surface area (Å²) in [5.41, 5.74) is 1.68. The van der Waals surface area contributed by atoms with E-state index in [1.807, 2.05) is 42.5 Å². The highest BCUT2D eigenvalue weighted by atomic mass is 32.2. The van der Waals surface area contributed by atoms with Crippen molar-refractivity contribution >= 4 is 23.7 Å². The van der Waals surface area contributed by atoms with Gasteiger partial charge in [0, 0.05) is 31.0 Å². The SMILES string of the molecule is CNC(=O)NC(=O)C(Sc1nnc(-c2cccnc2)n1C1CCCCC1C)c1ccccc1. The van der Waals surface area contributed by atoms with Gasteiger partial charge in [-0.25, -0.2) is 4.79 Å². The average molecular weight is 465 g/mol. The quantitative estimate of drug-likeness (QED) is 0.525. The van der Waals surface area contributed by atoms with Crippen molar-refractivity contribution in [3.05, 3.63) is 60.4 Å². The molecule has 0 spiro atoms. The van der Waals surface area contributed by atoms with Crippen LogP contribution in [-0.2, 0) is 4.79 Å². The Bertz CT molecular complexity index is 1090. The zero-order chi connectivity index (χ0) is 23.2. The van der Waals surface area contributed by atoms with Gasteiger partial charge in [0.05, 0.1) is 0 Å². The van der Waals surface area contributed by atoms with Crippen LogP contribution in [0.15, 0.2) is 60.0 Å². The van der Waals surface area contributed by atoms with E-state index in [4.69, 9.17) is 0 Å². The second-order valence-corrected chi connectivity index (χ2v) is 9.30. The predicted molar refractivity (Wildman–Crippen MR) is 128 cm³/mol. The average Bonchev–Trinajstić information content (AvgIpc) is 3.27. The summed E-state index contributed by atoms with van der Waals surface area (Å²) in [6.45, 7) is 2.26. The molecule has 1 aliphatic rings. The number of aromatic nitrogens is 4.